The first-order valence-corrected chi connectivity index (χ1v) is 6.00. The Morgan fingerprint density at radius 1 is 1.65 bits per heavy atom. The van der Waals surface area contributed by atoms with Crippen molar-refractivity contribution in [2.45, 2.75) is 32.7 Å². The van der Waals surface area contributed by atoms with Gasteiger partial charge in [0.15, 0.2) is 5.82 Å². The second-order valence-corrected chi connectivity index (χ2v) is 4.42. The van der Waals surface area contributed by atoms with Gasteiger partial charge in [-0.25, -0.2) is 0 Å². The van der Waals surface area contributed by atoms with E-state index < -0.39 is 0 Å². The molecule has 0 saturated carbocycles. The van der Waals surface area contributed by atoms with E-state index in [4.69, 9.17) is 4.52 Å². The van der Waals surface area contributed by atoms with Gasteiger partial charge in [-0.15, -0.1) is 0 Å². The summed E-state index contributed by atoms with van der Waals surface area (Å²) in [5.74, 6) is 1.56. The van der Waals surface area contributed by atoms with Crippen molar-refractivity contribution in [2.75, 3.05) is 13.1 Å². The molecule has 0 spiro atoms. The fourth-order valence-corrected chi connectivity index (χ4v) is 2.02. The molecule has 6 nitrogen and oxygen atoms in total. The Bertz CT molecular complexity index is 371. The molecule has 1 aromatic heterocycles. The SMILES string of the molecule is Cc1nc(CNC(=O)CC2CCCNC2)no1. The fourth-order valence-electron chi connectivity index (χ4n) is 2.02. The number of piperidine rings is 1. The molecule has 2 heterocycles. The van der Waals surface area contributed by atoms with Crippen molar-refractivity contribution in [3.05, 3.63) is 11.7 Å². The van der Waals surface area contributed by atoms with Crippen LogP contribution in [0.5, 0.6) is 0 Å². The third-order valence-electron chi connectivity index (χ3n) is 2.89. The quantitative estimate of drug-likeness (QED) is 0.793. The van der Waals surface area contributed by atoms with Crippen molar-refractivity contribution in [1.29, 1.82) is 0 Å². The van der Waals surface area contributed by atoms with Crippen molar-refractivity contribution in [3.63, 3.8) is 0 Å². The zero-order valence-electron chi connectivity index (χ0n) is 10.0. The molecule has 17 heavy (non-hydrogen) atoms. The standard InChI is InChI=1S/C11H18N4O2/c1-8-14-10(15-17-8)7-13-11(16)5-9-3-2-4-12-6-9/h9,12H,2-7H2,1H3,(H,13,16). The first kappa shape index (κ1) is 12.0. The molecule has 94 valence electrons. The van der Waals surface area contributed by atoms with Gasteiger partial charge in [-0.05, 0) is 31.8 Å². The molecule has 1 aliphatic rings. The lowest BCUT2D eigenvalue weighted by molar-refractivity contribution is -0.122. The predicted octanol–water partition coefficient (Wildman–Crippen LogP) is 0.384. The summed E-state index contributed by atoms with van der Waals surface area (Å²) in [5, 5.41) is 9.83. The molecule has 1 aromatic rings. The van der Waals surface area contributed by atoms with Crippen LogP contribution < -0.4 is 10.6 Å². The number of amides is 1. The van der Waals surface area contributed by atoms with E-state index in [1.54, 1.807) is 6.92 Å². The molecular formula is C11H18N4O2. The normalized spacial score (nSPS) is 20.2. The van der Waals surface area contributed by atoms with Crippen LogP contribution in [0, 0.1) is 12.8 Å². The van der Waals surface area contributed by atoms with Gasteiger partial charge in [0.2, 0.25) is 11.8 Å². The molecule has 1 unspecified atom stereocenters. The van der Waals surface area contributed by atoms with Crippen LogP contribution in [0.3, 0.4) is 0 Å². The summed E-state index contributed by atoms with van der Waals surface area (Å²) in [6.45, 7) is 4.08. The summed E-state index contributed by atoms with van der Waals surface area (Å²) in [6.07, 6.45) is 2.85. The molecule has 0 bridgehead atoms. The van der Waals surface area contributed by atoms with Crippen molar-refractivity contribution in [3.8, 4) is 0 Å². The zero-order valence-corrected chi connectivity index (χ0v) is 10.0. The van der Waals surface area contributed by atoms with Gasteiger partial charge in [0.05, 0.1) is 6.54 Å². The molecule has 6 heteroatoms. The molecule has 0 aromatic carbocycles. The summed E-state index contributed by atoms with van der Waals surface area (Å²) in [5.41, 5.74) is 0. The van der Waals surface area contributed by atoms with E-state index in [0.717, 1.165) is 25.9 Å². The molecule has 2 N–H and O–H groups in total. The van der Waals surface area contributed by atoms with Crippen molar-refractivity contribution >= 4 is 5.91 Å². The van der Waals surface area contributed by atoms with Crippen LogP contribution >= 0.6 is 0 Å². The molecule has 1 saturated heterocycles. The maximum absolute atomic E-state index is 11.7. The third-order valence-corrected chi connectivity index (χ3v) is 2.89. The van der Waals surface area contributed by atoms with Gasteiger partial charge >= 0.3 is 0 Å². The van der Waals surface area contributed by atoms with Crippen molar-refractivity contribution in [1.82, 2.24) is 20.8 Å². The number of nitrogens with one attached hydrogen (secondary N) is 2. The molecule has 0 radical (unpaired) electrons. The molecule has 1 amide bonds. The van der Waals surface area contributed by atoms with Gasteiger partial charge < -0.3 is 15.2 Å². The van der Waals surface area contributed by atoms with E-state index in [2.05, 4.69) is 20.8 Å². The minimum atomic E-state index is 0.0566. The second kappa shape index (κ2) is 5.77. The van der Waals surface area contributed by atoms with Crippen molar-refractivity contribution < 1.29 is 9.32 Å². The van der Waals surface area contributed by atoms with Gasteiger partial charge in [0.1, 0.15) is 0 Å². The van der Waals surface area contributed by atoms with Gasteiger partial charge in [-0.1, -0.05) is 5.16 Å². The lowest BCUT2D eigenvalue weighted by Gasteiger charge is -2.21. The monoisotopic (exact) mass is 238 g/mol. The lowest BCUT2D eigenvalue weighted by Crippen LogP contribution is -2.34. The first-order chi connectivity index (χ1) is 8.24. The minimum absolute atomic E-state index is 0.0566. The molecular weight excluding hydrogens is 220 g/mol. The Morgan fingerprint density at radius 2 is 2.53 bits per heavy atom. The number of nitrogens with zero attached hydrogens (tertiary/aromatic N) is 2. The summed E-state index contributed by atoms with van der Waals surface area (Å²) in [4.78, 5) is 15.7. The highest BCUT2D eigenvalue weighted by Gasteiger charge is 2.16. The zero-order chi connectivity index (χ0) is 12.1. The number of hydrogen-bond acceptors (Lipinski definition) is 5. The number of aryl methyl sites for hydroxylation is 1. The van der Waals surface area contributed by atoms with Crippen LogP contribution in [0.4, 0.5) is 0 Å². The highest BCUT2D eigenvalue weighted by molar-refractivity contribution is 5.76. The molecule has 2 rings (SSSR count). The van der Waals surface area contributed by atoms with Gasteiger partial charge in [0, 0.05) is 13.3 Å². The Balaban J connectivity index is 1.70. The highest BCUT2D eigenvalue weighted by Crippen LogP contribution is 2.13. The van der Waals surface area contributed by atoms with E-state index >= 15 is 0 Å². The Labute approximate surface area is 100 Å². The fraction of sp³-hybridized carbons (Fsp3) is 0.727. The maximum Gasteiger partial charge on any atom is 0.223 e. The van der Waals surface area contributed by atoms with Crippen LogP contribution in [-0.2, 0) is 11.3 Å². The second-order valence-electron chi connectivity index (χ2n) is 4.42. The summed E-state index contributed by atoms with van der Waals surface area (Å²) < 4.78 is 4.82. The van der Waals surface area contributed by atoms with Gasteiger partial charge in [-0.3, -0.25) is 4.79 Å². The summed E-state index contributed by atoms with van der Waals surface area (Å²) >= 11 is 0. The van der Waals surface area contributed by atoms with E-state index in [-0.39, 0.29) is 5.91 Å². The van der Waals surface area contributed by atoms with E-state index in [1.807, 2.05) is 0 Å². The number of rotatable bonds is 4. The number of carbonyl (C=O) groups is 1. The predicted molar refractivity (Wildman–Crippen MR) is 61.1 cm³/mol. The summed E-state index contributed by atoms with van der Waals surface area (Å²) in [6, 6.07) is 0. The Hall–Kier alpha value is -1.43. The third kappa shape index (κ3) is 3.81. The number of aromatic nitrogens is 2. The average molecular weight is 238 g/mol. The molecule has 1 aliphatic heterocycles. The Morgan fingerprint density at radius 3 is 3.18 bits per heavy atom. The van der Waals surface area contributed by atoms with Crippen LogP contribution in [0.15, 0.2) is 4.52 Å². The first-order valence-electron chi connectivity index (χ1n) is 6.00. The number of hydrogen-bond donors (Lipinski definition) is 2. The topological polar surface area (TPSA) is 80.0 Å². The van der Waals surface area contributed by atoms with E-state index in [0.29, 0.717) is 30.6 Å². The van der Waals surface area contributed by atoms with Gasteiger partial charge in [-0.2, -0.15) is 4.98 Å². The molecule has 1 fully saturated rings. The molecule has 1 atom stereocenters. The van der Waals surface area contributed by atoms with E-state index in [1.165, 1.54) is 0 Å². The van der Waals surface area contributed by atoms with Crippen molar-refractivity contribution in [2.24, 2.45) is 5.92 Å². The van der Waals surface area contributed by atoms with Crippen LogP contribution in [0.1, 0.15) is 31.0 Å². The van der Waals surface area contributed by atoms with E-state index in [9.17, 15) is 4.79 Å². The number of carbonyl (C=O) groups excluding carboxylic acids is 1. The average Bonchev–Trinajstić information content (AvgIpc) is 2.74. The van der Waals surface area contributed by atoms with Crippen LogP contribution in [0.2, 0.25) is 0 Å². The highest BCUT2D eigenvalue weighted by atomic mass is 16.5. The maximum atomic E-state index is 11.7. The molecule has 0 aliphatic carbocycles. The Kier molecular flexibility index (Phi) is 4.08. The smallest absolute Gasteiger partial charge is 0.223 e. The lowest BCUT2D eigenvalue weighted by atomic mass is 9.96. The minimum Gasteiger partial charge on any atom is -0.349 e. The van der Waals surface area contributed by atoms with Gasteiger partial charge in [0.25, 0.3) is 0 Å². The van der Waals surface area contributed by atoms with Crippen LogP contribution in [0.25, 0.3) is 0 Å². The largest absolute Gasteiger partial charge is 0.349 e. The van der Waals surface area contributed by atoms with Crippen LogP contribution in [-0.4, -0.2) is 29.1 Å². The summed E-state index contributed by atoms with van der Waals surface area (Å²) in [7, 11) is 0.